The standard InChI is InChI=1S/C27H31FN2O2/c1-16(31)13-30-26(32)18-4-5-21-17(11-18)3-6-23-22(21)9-10-27(2)24(7-8-25(23)27)19-12-20(28)15-29-14-19/h4-5,7,11-12,14-16,22-23,25,31H,3,6,8-10,13H2,1-2H3,(H,30,32)/t16-,22-,23-,25+,27-/m1/s1. The third kappa shape index (κ3) is 3.57. The Morgan fingerprint density at radius 1 is 1.31 bits per heavy atom. The van der Waals surface area contributed by atoms with E-state index in [0.717, 1.165) is 37.7 Å². The number of carbonyl (C=O) groups is 1. The van der Waals surface area contributed by atoms with Crippen LogP contribution in [-0.4, -0.2) is 28.6 Å². The van der Waals surface area contributed by atoms with Crippen LogP contribution in [0.3, 0.4) is 0 Å². The van der Waals surface area contributed by atoms with E-state index in [9.17, 15) is 14.3 Å². The van der Waals surface area contributed by atoms with E-state index in [1.165, 1.54) is 22.9 Å². The summed E-state index contributed by atoms with van der Waals surface area (Å²) < 4.78 is 13.9. The van der Waals surface area contributed by atoms with Crippen LogP contribution in [0.1, 0.15) is 72.5 Å². The Bertz CT molecular complexity index is 1080. The molecule has 0 spiro atoms. The SMILES string of the molecule is C[C@@H](O)CNC(=O)c1ccc2c(c1)CC[C@@H]1[C@@H]2CC[C@]2(C)C(c3cncc(F)c3)=CC[C@@H]12. The first-order valence-electron chi connectivity index (χ1n) is 11.8. The maximum absolute atomic E-state index is 13.9. The molecule has 5 rings (SSSR count). The maximum atomic E-state index is 13.9. The third-order valence-corrected chi connectivity index (χ3v) is 8.14. The topological polar surface area (TPSA) is 62.2 Å². The van der Waals surface area contributed by atoms with Crippen LogP contribution in [0.25, 0.3) is 5.57 Å². The largest absolute Gasteiger partial charge is 0.392 e. The van der Waals surface area contributed by atoms with Crippen molar-refractivity contribution in [2.24, 2.45) is 17.3 Å². The van der Waals surface area contributed by atoms with E-state index in [4.69, 9.17) is 0 Å². The van der Waals surface area contributed by atoms with Gasteiger partial charge in [-0.1, -0.05) is 19.1 Å². The van der Waals surface area contributed by atoms with Crippen LogP contribution >= 0.6 is 0 Å². The average Bonchev–Trinajstić information content (AvgIpc) is 3.14. The molecule has 1 aromatic heterocycles. The number of aromatic nitrogens is 1. The number of benzene rings is 1. The van der Waals surface area contributed by atoms with E-state index < -0.39 is 6.10 Å². The van der Waals surface area contributed by atoms with E-state index in [-0.39, 0.29) is 23.7 Å². The summed E-state index contributed by atoms with van der Waals surface area (Å²) >= 11 is 0. The molecule has 168 valence electrons. The number of carbonyl (C=O) groups excluding carboxylic acids is 1. The minimum Gasteiger partial charge on any atom is -0.392 e. The monoisotopic (exact) mass is 434 g/mol. The number of hydrogen-bond acceptors (Lipinski definition) is 3. The van der Waals surface area contributed by atoms with E-state index in [1.54, 1.807) is 19.2 Å². The quantitative estimate of drug-likeness (QED) is 0.721. The summed E-state index contributed by atoms with van der Waals surface area (Å²) in [7, 11) is 0. The summed E-state index contributed by atoms with van der Waals surface area (Å²) in [6, 6.07) is 7.77. The number of halogens is 1. The van der Waals surface area contributed by atoms with Gasteiger partial charge in [0, 0.05) is 18.3 Å². The van der Waals surface area contributed by atoms with Crippen LogP contribution in [0, 0.1) is 23.1 Å². The van der Waals surface area contributed by atoms with Gasteiger partial charge in [0.1, 0.15) is 5.82 Å². The van der Waals surface area contributed by atoms with Gasteiger partial charge in [0.15, 0.2) is 0 Å². The molecule has 2 N–H and O–H groups in total. The summed E-state index contributed by atoms with van der Waals surface area (Å²) in [5.41, 5.74) is 5.62. The molecule has 1 amide bonds. The van der Waals surface area contributed by atoms with Crippen LogP contribution in [0.15, 0.2) is 42.7 Å². The Hall–Kier alpha value is -2.53. The normalized spacial score (nSPS) is 29.4. The van der Waals surface area contributed by atoms with Crippen molar-refractivity contribution in [3.8, 4) is 0 Å². The molecule has 0 unspecified atom stereocenters. The highest BCUT2D eigenvalue weighted by Gasteiger charge is 2.52. The second-order valence-electron chi connectivity index (χ2n) is 10.1. The van der Waals surface area contributed by atoms with Gasteiger partial charge >= 0.3 is 0 Å². The van der Waals surface area contributed by atoms with Crippen molar-refractivity contribution in [1.29, 1.82) is 0 Å². The molecule has 5 heteroatoms. The number of hydrogen-bond donors (Lipinski definition) is 2. The van der Waals surface area contributed by atoms with E-state index in [0.29, 0.717) is 23.3 Å². The molecular weight excluding hydrogens is 403 g/mol. The Kier molecular flexibility index (Phi) is 5.40. The molecule has 1 heterocycles. The summed E-state index contributed by atoms with van der Waals surface area (Å²) in [6.07, 6.45) is 10.2. The van der Waals surface area contributed by atoms with E-state index in [2.05, 4.69) is 29.4 Å². The molecule has 1 aromatic carbocycles. The number of nitrogens with zero attached hydrogens (tertiary/aromatic N) is 1. The minimum absolute atomic E-state index is 0.0644. The van der Waals surface area contributed by atoms with Gasteiger partial charge in [0.05, 0.1) is 12.3 Å². The van der Waals surface area contributed by atoms with Crippen LogP contribution in [-0.2, 0) is 6.42 Å². The summed E-state index contributed by atoms with van der Waals surface area (Å²) in [6.45, 7) is 4.29. The van der Waals surface area contributed by atoms with Gasteiger partial charge in [-0.25, -0.2) is 4.39 Å². The predicted molar refractivity (Wildman–Crippen MR) is 123 cm³/mol. The van der Waals surface area contributed by atoms with Crippen LogP contribution in [0.4, 0.5) is 4.39 Å². The van der Waals surface area contributed by atoms with Gasteiger partial charge in [0.25, 0.3) is 5.91 Å². The fraction of sp³-hybridized carbons (Fsp3) is 0.481. The molecule has 5 atom stereocenters. The Morgan fingerprint density at radius 3 is 2.94 bits per heavy atom. The molecule has 0 bridgehead atoms. The van der Waals surface area contributed by atoms with Crippen molar-refractivity contribution < 1.29 is 14.3 Å². The molecular formula is C27H31FN2O2. The van der Waals surface area contributed by atoms with E-state index in [1.807, 2.05) is 12.1 Å². The van der Waals surface area contributed by atoms with Crippen LogP contribution in [0.2, 0.25) is 0 Å². The van der Waals surface area contributed by atoms with Crippen molar-refractivity contribution in [3.63, 3.8) is 0 Å². The summed E-state index contributed by atoms with van der Waals surface area (Å²) in [5, 5.41) is 12.2. The molecule has 1 fully saturated rings. The van der Waals surface area contributed by atoms with Crippen molar-refractivity contribution in [2.75, 3.05) is 6.54 Å². The molecule has 4 nitrogen and oxygen atoms in total. The maximum Gasteiger partial charge on any atom is 0.251 e. The lowest BCUT2D eigenvalue weighted by Crippen LogP contribution is -2.41. The highest BCUT2D eigenvalue weighted by molar-refractivity contribution is 5.94. The number of pyridine rings is 1. The molecule has 3 aliphatic carbocycles. The number of allylic oxidation sites excluding steroid dienone is 2. The van der Waals surface area contributed by atoms with Crippen LogP contribution in [0.5, 0.6) is 0 Å². The number of aliphatic hydroxyl groups is 1. The molecule has 1 saturated carbocycles. The first-order valence-corrected chi connectivity index (χ1v) is 11.8. The second kappa shape index (κ2) is 8.11. The fourth-order valence-electron chi connectivity index (χ4n) is 6.64. The van der Waals surface area contributed by atoms with Crippen molar-refractivity contribution in [2.45, 2.75) is 58.0 Å². The lowest BCUT2D eigenvalue weighted by molar-refractivity contribution is 0.0883. The number of fused-ring (bicyclic) bond motifs is 5. The minimum atomic E-state index is -0.554. The molecule has 3 aliphatic rings. The van der Waals surface area contributed by atoms with Crippen molar-refractivity contribution in [3.05, 3.63) is 70.8 Å². The zero-order valence-corrected chi connectivity index (χ0v) is 18.8. The highest BCUT2D eigenvalue weighted by Crippen LogP contribution is 2.63. The van der Waals surface area contributed by atoms with Gasteiger partial charge in [0.2, 0.25) is 0 Å². The number of aliphatic hydroxyl groups excluding tert-OH is 1. The zero-order chi connectivity index (χ0) is 22.5. The van der Waals surface area contributed by atoms with Crippen molar-refractivity contribution >= 4 is 11.5 Å². The lowest BCUT2D eigenvalue weighted by Gasteiger charge is -2.50. The average molecular weight is 435 g/mol. The van der Waals surface area contributed by atoms with Gasteiger partial charge in [-0.2, -0.15) is 0 Å². The van der Waals surface area contributed by atoms with Crippen molar-refractivity contribution in [1.82, 2.24) is 10.3 Å². The Morgan fingerprint density at radius 2 is 2.16 bits per heavy atom. The molecule has 32 heavy (non-hydrogen) atoms. The molecule has 0 radical (unpaired) electrons. The molecule has 0 aliphatic heterocycles. The summed E-state index contributed by atoms with van der Waals surface area (Å²) in [4.78, 5) is 16.5. The smallest absolute Gasteiger partial charge is 0.251 e. The Labute approximate surface area is 189 Å². The number of amides is 1. The van der Waals surface area contributed by atoms with Gasteiger partial charge in [-0.15, -0.1) is 0 Å². The molecule has 2 aromatic rings. The van der Waals surface area contributed by atoms with Crippen LogP contribution < -0.4 is 5.32 Å². The van der Waals surface area contributed by atoms with E-state index >= 15 is 0 Å². The lowest BCUT2D eigenvalue weighted by atomic mass is 9.54. The molecule has 0 saturated heterocycles. The van der Waals surface area contributed by atoms with Gasteiger partial charge < -0.3 is 10.4 Å². The number of nitrogens with one attached hydrogen (secondary N) is 1. The highest BCUT2D eigenvalue weighted by atomic mass is 19.1. The predicted octanol–water partition coefficient (Wildman–Crippen LogP) is 4.88. The third-order valence-electron chi connectivity index (χ3n) is 8.14. The first-order chi connectivity index (χ1) is 15.4. The zero-order valence-electron chi connectivity index (χ0n) is 18.8. The number of rotatable bonds is 4. The fourth-order valence-corrected chi connectivity index (χ4v) is 6.64. The van der Waals surface area contributed by atoms with Gasteiger partial charge in [-0.05, 0) is 103 Å². The Balaban J connectivity index is 1.37. The summed E-state index contributed by atoms with van der Waals surface area (Å²) in [5.74, 6) is 1.28. The first kappa shape index (κ1) is 21.3. The van der Waals surface area contributed by atoms with Gasteiger partial charge in [-0.3, -0.25) is 9.78 Å². The number of aryl methyl sites for hydroxylation is 1. The second-order valence-corrected chi connectivity index (χ2v) is 10.1.